The minimum atomic E-state index is -0.355. The van der Waals surface area contributed by atoms with Crippen molar-refractivity contribution in [3.63, 3.8) is 0 Å². The number of imide groups is 2. The van der Waals surface area contributed by atoms with Gasteiger partial charge in [0.25, 0.3) is 23.6 Å². The molecule has 0 radical (unpaired) electrons. The molecule has 1 aromatic rings. The van der Waals surface area contributed by atoms with Gasteiger partial charge in [0, 0.05) is 30.3 Å². The summed E-state index contributed by atoms with van der Waals surface area (Å²) in [6, 6.07) is 6.70. The Morgan fingerprint density at radius 2 is 1.08 bits per heavy atom. The highest BCUT2D eigenvalue weighted by Gasteiger charge is 2.34. The quantitative estimate of drug-likeness (QED) is 0.227. The number of nitrogens with zero attached hydrogens (tertiary/aromatic N) is 2. The molecule has 0 bridgehead atoms. The maximum absolute atomic E-state index is 11.8. The topological polar surface area (TPSA) is 121 Å². The highest BCUT2D eigenvalue weighted by Crippen LogP contribution is 2.27. The van der Waals surface area contributed by atoms with Gasteiger partial charge in [0.2, 0.25) is 0 Å². The number of anilines is 1. The monoisotopic (exact) mass is 542 g/mol. The van der Waals surface area contributed by atoms with Crippen LogP contribution in [-0.2, 0) is 38.1 Å². The van der Waals surface area contributed by atoms with Crippen LogP contribution >= 0.6 is 0 Å². The van der Waals surface area contributed by atoms with Crippen molar-refractivity contribution < 1.29 is 42.9 Å². The molecule has 39 heavy (non-hydrogen) atoms. The van der Waals surface area contributed by atoms with Gasteiger partial charge < -0.3 is 23.7 Å². The van der Waals surface area contributed by atoms with Gasteiger partial charge in [-0.3, -0.25) is 24.1 Å². The molecule has 0 aromatic heterocycles. The number of carbonyl (C=O) groups excluding carboxylic acids is 4. The Morgan fingerprint density at radius 3 is 1.64 bits per heavy atom. The third-order valence-corrected chi connectivity index (χ3v) is 6.58. The van der Waals surface area contributed by atoms with Crippen LogP contribution in [0, 0.1) is 0 Å². The molecule has 3 aliphatic rings. The highest BCUT2D eigenvalue weighted by molar-refractivity contribution is 6.28. The summed E-state index contributed by atoms with van der Waals surface area (Å²) in [4.78, 5) is 49.5. The van der Waals surface area contributed by atoms with Crippen molar-refractivity contribution in [2.24, 2.45) is 0 Å². The molecule has 1 saturated carbocycles. The summed E-state index contributed by atoms with van der Waals surface area (Å²) in [5.41, 5.74) is 0.500. The van der Waals surface area contributed by atoms with Gasteiger partial charge >= 0.3 is 0 Å². The maximum Gasteiger partial charge on any atom is 0.258 e. The Hall–Kier alpha value is -3.38. The Bertz CT molecular complexity index is 1030. The lowest BCUT2D eigenvalue weighted by molar-refractivity contribution is -0.141. The fourth-order valence-corrected chi connectivity index (χ4v) is 4.62. The van der Waals surface area contributed by atoms with Crippen LogP contribution in [0.4, 0.5) is 5.69 Å². The van der Waals surface area contributed by atoms with Gasteiger partial charge in [0.05, 0.1) is 58.0 Å². The number of hydrogen-bond acceptors (Lipinski definition) is 9. The second-order valence-electron chi connectivity index (χ2n) is 9.21. The lowest BCUT2D eigenvalue weighted by Gasteiger charge is -2.33. The van der Waals surface area contributed by atoms with Crippen molar-refractivity contribution >= 4 is 29.3 Å². The van der Waals surface area contributed by atoms with Crippen LogP contribution in [0.3, 0.4) is 0 Å². The molecule has 0 saturated heterocycles. The molecule has 4 rings (SSSR count). The number of ether oxygens (including phenoxy) is 5. The predicted molar refractivity (Wildman–Crippen MR) is 139 cm³/mol. The number of carbonyl (C=O) groups is 4. The molecular formula is C28H34N2O9. The van der Waals surface area contributed by atoms with Gasteiger partial charge in [-0.2, -0.15) is 0 Å². The smallest absolute Gasteiger partial charge is 0.258 e. The number of amides is 4. The molecule has 11 heteroatoms. The van der Waals surface area contributed by atoms with E-state index in [2.05, 4.69) is 0 Å². The summed E-state index contributed by atoms with van der Waals surface area (Å²) in [5, 5.41) is 0. The predicted octanol–water partition coefficient (Wildman–Crippen LogP) is 1.80. The molecule has 0 unspecified atom stereocenters. The van der Waals surface area contributed by atoms with Crippen LogP contribution in [0.2, 0.25) is 0 Å². The third-order valence-electron chi connectivity index (χ3n) is 6.58. The van der Waals surface area contributed by atoms with E-state index in [0.29, 0.717) is 64.3 Å². The molecule has 1 aliphatic carbocycles. The molecule has 0 spiro atoms. The number of hydrogen-bond donors (Lipinski definition) is 0. The first-order valence-electron chi connectivity index (χ1n) is 13.2. The van der Waals surface area contributed by atoms with E-state index in [0.717, 1.165) is 30.6 Å². The Labute approximate surface area is 227 Å². The number of rotatable bonds is 16. The van der Waals surface area contributed by atoms with Crippen LogP contribution in [0.25, 0.3) is 0 Å². The minimum Gasteiger partial charge on any atom is -0.491 e. The summed E-state index contributed by atoms with van der Waals surface area (Å²) in [7, 11) is 0. The fourth-order valence-electron chi connectivity index (χ4n) is 4.62. The standard InChI is InChI=1S/C28H34N2O9/c31-25-9-10-26(32)29(25)21-1-5-23(6-2-21)38-19-17-36-15-13-35-14-16-37-18-20-39-24-7-3-22(4-8-24)30-27(33)11-12-28(30)34/h1-2,5-6,9-12,22,24H,3-4,7-8,13-20H2. The van der Waals surface area contributed by atoms with E-state index in [1.54, 1.807) is 24.3 Å². The summed E-state index contributed by atoms with van der Waals surface area (Å²) in [5.74, 6) is -0.518. The van der Waals surface area contributed by atoms with Crippen LogP contribution in [0.1, 0.15) is 25.7 Å². The molecule has 0 N–H and O–H groups in total. The molecule has 2 aliphatic heterocycles. The van der Waals surface area contributed by atoms with Crippen LogP contribution in [-0.4, -0.2) is 93.5 Å². The molecule has 1 fully saturated rings. The van der Waals surface area contributed by atoms with Crippen molar-refractivity contribution in [3.05, 3.63) is 48.6 Å². The Morgan fingerprint density at radius 1 is 0.590 bits per heavy atom. The average Bonchev–Trinajstić information content (AvgIpc) is 3.46. The second-order valence-corrected chi connectivity index (χ2v) is 9.21. The van der Waals surface area contributed by atoms with Gasteiger partial charge in [-0.05, 0) is 49.9 Å². The maximum atomic E-state index is 11.8. The first-order chi connectivity index (χ1) is 19.0. The van der Waals surface area contributed by atoms with Crippen LogP contribution in [0.15, 0.2) is 48.6 Å². The van der Waals surface area contributed by atoms with E-state index in [9.17, 15) is 19.2 Å². The zero-order valence-electron chi connectivity index (χ0n) is 21.8. The molecular weight excluding hydrogens is 508 g/mol. The first-order valence-corrected chi connectivity index (χ1v) is 13.2. The fraction of sp³-hybridized carbons (Fsp3) is 0.500. The van der Waals surface area contributed by atoms with Crippen LogP contribution < -0.4 is 9.64 Å². The molecule has 0 atom stereocenters. The molecule has 1 aromatic carbocycles. The highest BCUT2D eigenvalue weighted by atomic mass is 16.6. The zero-order chi connectivity index (χ0) is 27.5. The van der Waals surface area contributed by atoms with E-state index in [4.69, 9.17) is 23.7 Å². The van der Waals surface area contributed by atoms with Gasteiger partial charge in [-0.1, -0.05) is 0 Å². The summed E-state index contributed by atoms with van der Waals surface area (Å²) in [6.45, 7) is 3.54. The molecule has 4 amide bonds. The number of benzene rings is 1. The van der Waals surface area contributed by atoms with E-state index in [1.165, 1.54) is 29.2 Å². The van der Waals surface area contributed by atoms with Crippen molar-refractivity contribution in [3.8, 4) is 5.75 Å². The van der Waals surface area contributed by atoms with E-state index in [-0.39, 0.29) is 35.8 Å². The summed E-state index contributed by atoms with van der Waals surface area (Å²) in [6.07, 6.45) is 8.47. The summed E-state index contributed by atoms with van der Waals surface area (Å²) >= 11 is 0. The van der Waals surface area contributed by atoms with Crippen molar-refractivity contribution in [2.75, 3.05) is 57.8 Å². The van der Waals surface area contributed by atoms with Gasteiger partial charge in [-0.15, -0.1) is 0 Å². The Balaban J connectivity index is 0.925. The largest absolute Gasteiger partial charge is 0.491 e. The molecule has 11 nitrogen and oxygen atoms in total. The average molecular weight is 543 g/mol. The Kier molecular flexibility index (Phi) is 10.8. The zero-order valence-corrected chi connectivity index (χ0v) is 21.8. The summed E-state index contributed by atoms with van der Waals surface area (Å²) < 4.78 is 28.0. The first kappa shape index (κ1) is 28.6. The second kappa shape index (κ2) is 14.7. The molecule has 210 valence electrons. The molecule has 2 heterocycles. The van der Waals surface area contributed by atoms with E-state index < -0.39 is 0 Å². The van der Waals surface area contributed by atoms with Crippen molar-refractivity contribution in [1.29, 1.82) is 0 Å². The third kappa shape index (κ3) is 8.30. The lowest BCUT2D eigenvalue weighted by Crippen LogP contribution is -2.43. The SMILES string of the molecule is O=C1C=CC(=O)N1c1ccc(OCCOCCOCCOCCOC2CCC(N3C(=O)C=CC3=O)CC2)cc1. The van der Waals surface area contributed by atoms with E-state index >= 15 is 0 Å². The lowest BCUT2D eigenvalue weighted by atomic mass is 9.92. The van der Waals surface area contributed by atoms with Crippen LogP contribution in [0.5, 0.6) is 5.75 Å². The van der Waals surface area contributed by atoms with E-state index in [1.807, 2.05) is 0 Å². The van der Waals surface area contributed by atoms with Gasteiger partial charge in [-0.25, -0.2) is 4.90 Å². The normalized spacial score (nSPS) is 21.0. The van der Waals surface area contributed by atoms with Gasteiger partial charge in [0.15, 0.2) is 0 Å². The van der Waals surface area contributed by atoms with Crippen molar-refractivity contribution in [2.45, 2.75) is 37.8 Å². The van der Waals surface area contributed by atoms with Gasteiger partial charge in [0.1, 0.15) is 12.4 Å². The van der Waals surface area contributed by atoms with Crippen molar-refractivity contribution in [1.82, 2.24) is 4.90 Å². The minimum absolute atomic E-state index is 0.0252.